The number of aromatic nitrogens is 1. The number of likely N-dealkylation sites (tertiary alicyclic amines) is 1. The number of pyridine rings is 1. The highest BCUT2D eigenvalue weighted by Gasteiger charge is 2.35. The van der Waals surface area contributed by atoms with Gasteiger partial charge in [0.15, 0.2) is 11.6 Å². The van der Waals surface area contributed by atoms with Crippen LogP contribution in [-0.2, 0) is 6.54 Å². The molecule has 3 heterocycles. The molecular weight excluding hydrogens is 336 g/mol. The molecule has 0 aliphatic carbocycles. The fourth-order valence-corrected chi connectivity index (χ4v) is 4.31. The first-order valence-corrected chi connectivity index (χ1v) is 9.15. The zero-order valence-corrected chi connectivity index (χ0v) is 14.6. The molecule has 0 bridgehead atoms. The number of hydrogen-bond acceptors (Lipinski definition) is 4. The summed E-state index contributed by atoms with van der Waals surface area (Å²) in [6.07, 6.45) is 3.65. The minimum atomic E-state index is -0.417. The normalized spacial score (nSPS) is 23.7. The van der Waals surface area contributed by atoms with Crippen molar-refractivity contribution in [3.05, 3.63) is 53.7 Å². The van der Waals surface area contributed by atoms with Gasteiger partial charge in [0, 0.05) is 50.6 Å². The largest absolute Gasteiger partial charge is 0.508 e. The zero-order valence-electron chi connectivity index (χ0n) is 14.6. The second kappa shape index (κ2) is 7.19. The lowest BCUT2D eigenvalue weighted by atomic mass is 9.92. The summed E-state index contributed by atoms with van der Waals surface area (Å²) in [7, 11) is 0. The molecule has 0 saturated carbocycles. The van der Waals surface area contributed by atoms with E-state index in [1.807, 2.05) is 0 Å². The molecule has 1 aromatic carbocycles. The average molecular weight is 359 g/mol. The molecule has 0 amide bonds. The standard InChI is InChI=1S/C20H23F2N3O/c21-17-4-3-16(19(26)10-17)13-24-11-14-5-8-25(9-6-15(14)12-24)20-18(22)2-1-7-23-20/h1-4,7,10,14-15,26H,5-6,8-9,11-13H2/t14-,15+. The first-order valence-electron chi connectivity index (χ1n) is 9.15. The maximum atomic E-state index is 14.0. The van der Waals surface area contributed by atoms with Crippen LogP contribution in [0.5, 0.6) is 5.75 Å². The Hall–Kier alpha value is -2.21. The molecule has 2 saturated heterocycles. The van der Waals surface area contributed by atoms with Crippen molar-refractivity contribution in [3.63, 3.8) is 0 Å². The lowest BCUT2D eigenvalue weighted by Gasteiger charge is -2.23. The molecular formula is C20H23F2N3O. The highest BCUT2D eigenvalue weighted by molar-refractivity contribution is 5.39. The molecule has 4 nitrogen and oxygen atoms in total. The molecule has 2 fully saturated rings. The summed E-state index contributed by atoms with van der Waals surface area (Å²) >= 11 is 0. The van der Waals surface area contributed by atoms with Crippen molar-refractivity contribution in [3.8, 4) is 5.75 Å². The smallest absolute Gasteiger partial charge is 0.165 e. The van der Waals surface area contributed by atoms with Gasteiger partial charge in [-0.3, -0.25) is 4.90 Å². The third-order valence-corrected chi connectivity index (χ3v) is 5.67. The molecule has 6 heteroatoms. The van der Waals surface area contributed by atoms with Gasteiger partial charge >= 0.3 is 0 Å². The number of hydrogen-bond donors (Lipinski definition) is 1. The van der Waals surface area contributed by atoms with Crippen molar-refractivity contribution < 1.29 is 13.9 Å². The molecule has 2 aliphatic rings. The Labute approximate surface area is 152 Å². The third kappa shape index (κ3) is 3.51. The van der Waals surface area contributed by atoms with Crippen molar-refractivity contribution >= 4 is 5.82 Å². The number of aromatic hydroxyl groups is 1. The number of benzene rings is 1. The molecule has 0 unspecified atom stereocenters. The van der Waals surface area contributed by atoms with Crippen LogP contribution in [0.3, 0.4) is 0 Å². The first-order chi connectivity index (χ1) is 12.6. The van der Waals surface area contributed by atoms with Gasteiger partial charge in [-0.1, -0.05) is 6.07 Å². The molecule has 1 aromatic heterocycles. The zero-order chi connectivity index (χ0) is 18.1. The summed E-state index contributed by atoms with van der Waals surface area (Å²) < 4.78 is 27.1. The van der Waals surface area contributed by atoms with Crippen LogP contribution in [0.25, 0.3) is 0 Å². The fraction of sp³-hybridized carbons (Fsp3) is 0.450. The summed E-state index contributed by atoms with van der Waals surface area (Å²) in [6, 6.07) is 7.30. The number of phenolic OH excluding ortho intramolecular Hbond substituents is 1. The van der Waals surface area contributed by atoms with Gasteiger partial charge in [-0.25, -0.2) is 13.8 Å². The molecule has 0 radical (unpaired) electrons. The topological polar surface area (TPSA) is 39.6 Å². The summed E-state index contributed by atoms with van der Waals surface area (Å²) in [4.78, 5) is 8.60. The van der Waals surface area contributed by atoms with Gasteiger partial charge in [0.25, 0.3) is 0 Å². The van der Waals surface area contributed by atoms with Gasteiger partial charge in [-0.05, 0) is 42.9 Å². The van der Waals surface area contributed by atoms with Crippen molar-refractivity contribution in [1.82, 2.24) is 9.88 Å². The van der Waals surface area contributed by atoms with Gasteiger partial charge in [-0.2, -0.15) is 0 Å². The van der Waals surface area contributed by atoms with Crippen LogP contribution >= 0.6 is 0 Å². The molecule has 2 aromatic rings. The summed E-state index contributed by atoms with van der Waals surface area (Å²) in [6.45, 7) is 4.17. The van der Waals surface area contributed by atoms with Gasteiger partial charge in [0.05, 0.1) is 0 Å². The van der Waals surface area contributed by atoms with Gasteiger partial charge in [0.1, 0.15) is 11.6 Å². The summed E-state index contributed by atoms with van der Waals surface area (Å²) in [5.41, 5.74) is 0.764. The second-order valence-corrected chi connectivity index (χ2v) is 7.36. The predicted octanol–water partition coefficient (Wildman–Crippen LogP) is 3.41. The fourth-order valence-electron chi connectivity index (χ4n) is 4.31. The van der Waals surface area contributed by atoms with Gasteiger partial charge in [0.2, 0.25) is 0 Å². The highest BCUT2D eigenvalue weighted by Crippen LogP contribution is 2.34. The summed E-state index contributed by atoms with van der Waals surface area (Å²) in [5.74, 6) is 0.936. The molecule has 0 spiro atoms. The van der Waals surface area contributed by atoms with Crippen LogP contribution in [0.4, 0.5) is 14.6 Å². The van der Waals surface area contributed by atoms with Gasteiger partial charge in [-0.15, -0.1) is 0 Å². The van der Waals surface area contributed by atoms with Crippen molar-refractivity contribution in [2.75, 3.05) is 31.1 Å². The van der Waals surface area contributed by atoms with E-state index in [1.165, 1.54) is 18.2 Å². The van der Waals surface area contributed by atoms with E-state index < -0.39 is 5.82 Å². The van der Waals surface area contributed by atoms with Crippen molar-refractivity contribution in [1.29, 1.82) is 0 Å². The third-order valence-electron chi connectivity index (χ3n) is 5.67. The van der Waals surface area contributed by atoms with E-state index in [4.69, 9.17) is 0 Å². The molecule has 2 aliphatic heterocycles. The minimum absolute atomic E-state index is 0.0221. The maximum absolute atomic E-state index is 14.0. The van der Waals surface area contributed by atoms with E-state index in [9.17, 15) is 13.9 Å². The van der Waals surface area contributed by atoms with Crippen molar-refractivity contribution in [2.24, 2.45) is 11.8 Å². The van der Waals surface area contributed by atoms with Crippen molar-refractivity contribution in [2.45, 2.75) is 19.4 Å². The van der Waals surface area contributed by atoms with Crippen LogP contribution in [0.15, 0.2) is 36.5 Å². The Kier molecular flexibility index (Phi) is 4.76. The Morgan fingerprint density at radius 2 is 1.81 bits per heavy atom. The van der Waals surface area contributed by atoms with Crippen LogP contribution in [0.1, 0.15) is 18.4 Å². The quantitative estimate of drug-likeness (QED) is 0.912. The lowest BCUT2D eigenvalue weighted by molar-refractivity contribution is 0.303. The Morgan fingerprint density at radius 1 is 1.08 bits per heavy atom. The van der Waals surface area contributed by atoms with E-state index in [0.717, 1.165) is 44.6 Å². The van der Waals surface area contributed by atoms with Crippen LogP contribution < -0.4 is 4.90 Å². The minimum Gasteiger partial charge on any atom is -0.508 e. The van der Waals surface area contributed by atoms with E-state index in [1.54, 1.807) is 18.3 Å². The number of phenols is 1. The lowest BCUT2D eigenvalue weighted by Crippen LogP contribution is -2.28. The number of nitrogens with zero attached hydrogens (tertiary/aromatic N) is 3. The van der Waals surface area contributed by atoms with E-state index >= 15 is 0 Å². The Balaban J connectivity index is 1.39. The maximum Gasteiger partial charge on any atom is 0.165 e. The Morgan fingerprint density at radius 3 is 2.46 bits per heavy atom. The number of fused-ring (bicyclic) bond motifs is 1. The molecule has 4 rings (SSSR count). The predicted molar refractivity (Wildman–Crippen MR) is 96.0 cm³/mol. The molecule has 138 valence electrons. The van der Waals surface area contributed by atoms with Crippen LogP contribution in [-0.4, -0.2) is 41.2 Å². The van der Waals surface area contributed by atoms with Gasteiger partial charge < -0.3 is 10.0 Å². The number of anilines is 1. The van der Waals surface area contributed by atoms with E-state index in [-0.39, 0.29) is 11.6 Å². The monoisotopic (exact) mass is 359 g/mol. The van der Waals surface area contributed by atoms with E-state index in [2.05, 4.69) is 14.8 Å². The average Bonchev–Trinajstić information content (AvgIpc) is 2.90. The first kappa shape index (κ1) is 17.2. The highest BCUT2D eigenvalue weighted by atomic mass is 19.1. The SMILES string of the molecule is Oc1cc(F)ccc1CN1C[C@H]2CCN(c3ncccc3F)CC[C@H]2C1. The molecule has 2 atom stereocenters. The van der Waals surface area contributed by atoms with Crippen LogP contribution in [0.2, 0.25) is 0 Å². The summed E-state index contributed by atoms with van der Waals surface area (Å²) in [5, 5.41) is 9.93. The Bertz CT molecular complexity index is 769. The molecule has 26 heavy (non-hydrogen) atoms. The van der Waals surface area contributed by atoms with Crippen LogP contribution in [0, 0.1) is 23.5 Å². The number of halogens is 2. The second-order valence-electron chi connectivity index (χ2n) is 7.36. The number of rotatable bonds is 3. The van der Waals surface area contributed by atoms with E-state index in [0.29, 0.717) is 24.2 Å². The molecule has 1 N–H and O–H groups in total.